The van der Waals surface area contributed by atoms with Crippen LogP contribution in [0.25, 0.3) is 11.2 Å². The van der Waals surface area contributed by atoms with E-state index in [-0.39, 0.29) is 18.2 Å². The van der Waals surface area contributed by atoms with Gasteiger partial charge in [-0.1, -0.05) is 40.8 Å². The number of carbonyl (C=O) groups is 1. The molecule has 0 aliphatic carbocycles. The van der Waals surface area contributed by atoms with Crippen molar-refractivity contribution in [2.24, 2.45) is 0 Å². The van der Waals surface area contributed by atoms with E-state index in [4.69, 9.17) is 4.74 Å². The van der Waals surface area contributed by atoms with Gasteiger partial charge in [0.15, 0.2) is 17.0 Å². The zero-order valence-electron chi connectivity index (χ0n) is 13.3. The highest BCUT2D eigenvalue weighted by Gasteiger charge is 2.27. The van der Waals surface area contributed by atoms with Crippen LogP contribution in [0.4, 0.5) is 5.82 Å². The zero-order chi connectivity index (χ0) is 17.2. The molecular formula is C17H16IN5O2. The smallest absolute Gasteiger partial charge is 0.256 e. The van der Waals surface area contributed by atoms with E-state index in [1.807, 2.05) is 22.8 Å². The minimum absolute atomic E-state index is 0.0719. The van der Waals surface area contributed by atoms with Gasteiger partial charge in [-0.25, -0.2) is 15.0 Å². The van der Waals surface area contributed by atoms with E-state index in [0.717, 1.165) is 17.3 Å². The fraction of sp³-hybridized carbons (Fsp3) is 0.294. The Morgan fingerprint density at radius 1 is 1.24 bits per heavy atom. The number of halogens is 1. The van der Waals surface area contributed by atoms with Crippen LogP contribution in [0.5, 0.6) is 0 Å². The van der Waals surface area contributed by atoms with E-state index in [1.165, 1.54) is 6.33 Å². The van der Waals surface area contributed by atoms with Gasteiger partial charge in [0.05, 0.1) is 12.4 Å². The highest BCUT2D eigenvalue weighted by Crippen LogP contribution is 2.32. The number of carbonyl (C=O) groups excluding carboxylic acids is 1. The van der Waals surface area contributed by atoms with Gasteiger partial charge in [-0.15, -0.1) is 0 Å². The molecule has 7 nitrogen and oxygen atoms in total. The average molecular weight is 449 g/mol. The lowest BCUT2D eigenvalue weighted by molar-refractivity contribution is 0.0166. The molecule has 1 aliphatic heterocycles. The molecule has 3 heterocycles. The third kappa shape index (κ3) is 3.23. The maximum Gasteiger partial charge on any atom is 0.256 e. The number of anilines is 1. The number of nitrogens with zero attached hydrogens (tertiary/aromatic N) is 4. The van der Waals surface area contributed by atoms with E-state index in [9.17, 15) is 4.79 Å². The first-order valence-corrected chi connectivity index (χ1v) is 9.54. The second-order valence-corrected chi connectivity index (χ2v) is 6.69. The summed E-state index contributed by atoms with van der Waals surface area (Å²) in [7, 11) is 0. The first kappa shape index (κ1) is 16.4. The summed E-state index contributed by atoms with van der Waals surface area (Å²) < 4.78 is 8.91. The van der Waals surface area contributed by atoms with Crippen LogP contribution in [0.15, 0.2) is 43.0 Å². The summed E-state index contributed by atoms with van der Waals surface area (Å²) in [6, 6.07) is 9.01. The van der Waals surface area contributed by atoms with Crippen LogP contribution in [0.2, 0.25) is 0 Å². The lowest BCUT2D eigenvalue weighted by atomic mass is 10.2. The second-order valence-electron chi connectivity index (χ2n) is 5.81. The topological polar surface area (TPSA) is 81.9 Å². The lowest BCUT2D eigenvalue weighted by Crippen LogP contribution is -2.14. The van der Waals surface area contributed by atoms with Crippen molar-refractivity contribution < 1.29 is 9.53 Å². The fourth-order valence-corrected chi connectivity index (χ4v) is 3.58. The SMILES string of the molecule is O=C(Nc1ncnc2c1ncn2[C@H]1CC[C@@H](CI)O1)c1ccccc1. The van der Waals surface area contributed by atoms with Crippen molar-refractivity contribution >= 4 is 45.5 Å². The molecule has 1 amide bonds. The lowest BCUT2D eigenvalue weighted by Gasteiger charge is -2.13. The van der Waals surface area contributed by atoms with Crippen LogP contribution in [-0.4, -0.2) is 36.0 Å². The number of ether oxygens (including phenoxy) is 1. The van der Waals surface area contributed by atoms with Crippen LogP contribution < -0.4 is 5.32 Å². The Kier molecular flexibility index (Phi) is 4.62. The molecule has 0 saturated carbocycles. The summed E-state index contributed by atoms with van der Waals surface area (Å²) in [6.45, 7) is 0. The van der Waals surface area contributed by atoms with E-state index in [2.05, 4.69) is 42.9 Å². The molecule has 25 heavy (non-hydrogen) atoms. The molecule has 0 spiro atoms. The maximum absolute atomic E-state index is 12.4. The Hall–Kier alpha value is -2.07. The summed E-state index contributed by atoms with van der Waals surface area (Å²) in [5.74, 6) is 0.179. The number of alkyl halides is 1. The number of hydrogen-bond donors (Lipinski definition) is 1. The van der Waals surface area contributed by atoms with Crippen LogP contribution >= 0.6 is 22.6 Å². The summed E-state index contributed by atoms with van der Waals surface area (Å²) in [6.07, 6.45) is 5.29. The number of nitrogens with one attached hydrogen (secondary N) is 1. The van der Waals surface area contributed by atoms with Gasteiger partial charge < -0.3 is 10.1 Å². The molecule has 1 saturated heterocycles. The molecule has 0 bridgehead atoms. The third-order valence-electron chi connectivity index (χ3n) is 4.19. The van der Waals surface area contributed by atoms with Crippen molar-refractivity contribution in [2.45, 2.75) is 25.2 Å². The van der Waals surface area contributed by atoms with Gasteiger partial charge in [0, 0.05) is 9.99 Å². The minimum atomic E-state index is -0.225. The Labute approximate surface area is 158 Å². The van der Waals surface area contributed by atoms with Crippen molar-refractivity contribution in [3.8, 4) is 0 Å². The summed E-state index contributed by atoms with van der Waals surface area (Å²) >= 11 is 2.34. The molecule has 8 heteroatoms. The highest BCUT2D eigenvalue weighted by atomic mass is 127. The number of rotatable bonds is 4. The van der Waals surface area contributed by atoms with Gasteiger partial charge in [-0.2, -0.15) is 0 Å². The fourth-order valence-electron chi connectivity index (χ4n) is 2.93. The molecule has 0 radical (unpaired) electrons. The van der Waals surface area contributed by atoms with Crippen LogP contribution in [0.3, 0.4) is 0 Å². The summed E-state index contributed by atoms with van der Waals surface area (Å²) in [5.41, 5.74) is 1.79. The summed E-state index contributed by atoms with van der Waals surface area (Å²) in [4.78, 5) is 25.3. The Morgan fingerprint density at radius 2 is 2.08 bits per heavy atom. The van der Waals surface area contributed by atoms with Crippen LogP contribution in [-0.2, 0) is 4.74 Å². The molecule has 3 aromatic rings. The van der Waals surface area contributed by atoms with Crippen molar-refractivity contribution in [1.82, 2.24) is 19.5 Å². The molecule has 0 unspecified atom stereocenters. The summed E-state index contributed by atoms with van der Waals surface area (Å²) in [5, 5.41) is 2.82. The van der Waals surface area contributed by atoms with Crippen molar-refractivity contribution in [3.63, 3.8) is 0 Å². The number of amides is 1. The quantitative estimate of drug-likeness (QED) is 0.489. The Balaban J connectivity index is 1.62. The molecular weight excluding hydrogens is 433 g/mol. The molecule has 1 N–H and O–H groups in total. The average Bonchev–Trinajstić information content (AvgIpc) is 3.29. The maximum atomic E-state index is 12.4. The van der Waals surface area contributed by atoms with Crippen molar-refractivity contribution in [1.29, 1.82) is 0 Å². The first-order chi connectivity index (χ1) is 12.3. The van der Waals surface area contributed by atoms with E-state index in [0.29, 0.717) is 22.5 Å². The highest BCUT2D eigenvalue weighted by molar-refractivity contribution is 14.1. The van der Waals surface area contributed by atoms with Gasteiger partial charge in [0.1, 0.15) is 12.6 Å². The van der Waals surface area contributed by atoms with Crippen molar-refractivity contribution in [3.05, 3.63) is 48.5 Å². The number of benzene rings is 1. The first-order valence-electron chi connectivity index (χ1n) is 8.01. The Morgan fingerprint density at radius 3 is 2.84 bits per heavy atom. The number of hydrogen-bond acceptors (Lipinski definition) is 5. The molecule has 2 atom stereocenters. The molecule has 4 rings (SSSR count). The third-order valence-corrected chi connectivity index (χ3v) is 5.18. The molecule has 128 valence electrons. The minimum Gasteiger partial charge on any atom is -0.354 e. The van der Waals surface area contributed by atoms with Crippen molar-refractivity contribution in [2.75, 3.05) is 9.74 Å². The number of aromatic nitrogens is 4. The zero-order valence-corrected chi connectivity index (χ0v) is 15.5. The van der Waals surface area contributed by atoms with E-state index in [1.54, 1.807) is 18.5 Å². The largest absolute Gasteiger partial charge is 0.354 e. The van der Waals surface area contributed by atoms with Gasteiger partial charge in [-0.3, -0.25) is 9.36 Å². The monoisotopic (exact) mass is 449 g/mol. The van der Waals surface area contributed by atoms with Gasteiger partial charge in [0.25, 0.3) is 5.91 Å². The number of imidazole rings is 1. The predicted octanol–water partition coefficient (Wildman–Crippen LogP) is 3.19. The van der Waals surface area contributed by atoms with E-state index < -0.39 is 0 Å². The molecule has 2 aromatic heterocycles. The van der Waals surface area contributed by atoms with Gasteiger partial charge >= 0.3 is 0 Å². The van der Waals surface area contributed by atoms with Gasteiger partial charge in [0.2, 0.25) is 0 Å². The van der Waals surface area contributed by atoms with Gasteiger partial charge in [-0.05, 0) is 25.0 Å². The van der Waals surface area contributed by atoms with Crippen LogP contribution in [0.1, 0.15) is 29.4 Å². The predicted molar refractivity (Wildman–Crippen MR) is 102 cm³/mol. The normalized spacial score (nSPS) is 20.0. The second kappa shape index (κ2) is 7.04. The Bertz CT molecular complexity index is 898. The molecule has 1 aromatic carbocycles. The molecule has 1 fully saturated rings. The standard InChI is InChI=1S/C17H16IN5O2/c18-8-12-6-7-13(25-12)23-10-21-14-15(19-9-20-16(14)23)22-17(24)11-4-2-1-3-5-11/h1-5,9-10,12-13H,6-8H2,(H,19,20,22,24)/t12-,13+/m0/s1. The van der Waals surface area contributed by atoms with Crippen LogP contribution in [0, 0.1) is 0 Å². The van der Waals surface area contributed by atoms with E-state index >= 15 is 0 Å². The molecule has 1 aliphatic rings. The number of fused-ring (bicyclic) bond motifs is 1.